The van der Waals surface area contributed by atoms with Crippen molar-refractivity contribution in [3.63, 3.8) is 0 Å². The molecule has 204 valence electrons. The quantitative estimate of drug-likeness (QED) is 0.449. The van der Waals surface area contributed by atoms with E-state index in [2.05, 4.69) is 5.32 Å². The van der Waals surface area contributed by atoms with Gasteiger partial charge in [-0.3, -0.25) is 13.9 Å². The van der Waals surface area contributed by atoms with E-state index in [1.807, 2.05) is 84.9 Å². The number of nitrogens with zero attached hydrogens (tertiary/aromatic N) is 2. The molecule has 2 aromatic rings. The standard InChI is InChI=1S/C29H43N3O4S/c1-9-26(28(34)30-29(5,6)7)31(20-24-15-12-21(2)13-16-24)27(33)11-10-18-32(37(8,35)36)25-17-14-22(3)23(4)19-25/h12-17,19,26H,9-11,18,20H2,1-8H3,(H,30,34). The molecule has 1 N–H and O–H groups in total. The second kappa shape index (κ2) is 12.6. The lowest BCUT2D eigenvalue weighted by Gasteiger charge is -2.33. The number of hydrogen-bond acceptors (Lipinski definition) is 4. The van der Waals surface area contributed by atoms with Crippen LogP contribution in [0.4, 0.5) is 5.69 Å². The summed E-state index contributed by atoms with van der Waals surface area (Å²) < 4.78 is 26.5. The first-order valence-corrected chi connectivity index (χ1v) is 14.7. The van der Waals surface area contributed by atoms with Gasteiger partial charge in [0.15, 0.2) is 0 Å². The van der Waals surface area contributed by atoms with Gasteiger partial charge in [0.1, 0.15) is 6.04 Å². The molecule has 1 unspecified atom stereocenters. The minimum absolute atomic E-state index is 0.127. The molecule has 0 saturated carbocycles. The molecule has 0 spiro atoms. The van der Waals surface area contributed by atoms with Crippen LogP contribution in [-0.4, -0.2) is 49.5 Å². The van der Waals surface area contributed by atoms with Gasteiger partial charge in [-0.2, -0.15) is 0 Å². The number of nitrogens with one attached hydrogen (secondary N) is 1. The number of carbonyl (C=O) groups is 2. The number of aryl methyl sites for hydroxylation is 3. The van der Waals surface area contributed by atoms with Crippen LogP contribution in [0.3, 0.4) is 0 Å². The van der Waals surface area contributed by atoms with E-state index in [-0.39, 0.29) is 24.8 Å². The van der Waals surface area contributed by atoms with Crippen LogP contribution in [0.5, 0.6) is 0 Å². The van der Waals surface area contributed by atoms with Gasteiger partial charge < -0.3 is 10.2 Å². The number of rotatable bonds is 11. The van der Waals surface area contributed by atoms with Crippen molar-refractivity contribution in [3.05, 3.63) is 64.7 Å². The van der Waals surface area contributed by atoms with E-state index >= 15 is 0 Å². The van der Waals surface area contributed by atoms with Gasteiger partial charge >= 0.3 is 0 Å². The average Bonchev–Trinajstić information content (AvgIpc) is 2.77. The van der Waals surface area contributed by atoms with Crippen LogP contribution in [-0.2, 0) is 26.2 Å². The Morgan fingerprint density at radius 3 is 2.11 bits per heavy atom. The van der Waals surface area contributed by atoms with Gasteiger partial charge in [-0.05, 0) is 83.2 Å². The molecule has 2 amide bonds. The van der Waals surface area contributed by atoms with Crippen LogP contribution in [0.1, 0.15) is 69.2 Å². The summed E-state index contributed by atoms with van der Waals surface area (Å²) in [5.74, 6) is -0.367. The van der Waals surface area contributed by atoms with Crippen LogP contribution in [0.25, 0.3) is 0 Å². The Hall–Kier alpha value is -2.87. The van der Waals surface area contributed by atoms with E-state index in [4.69, 9.17) is 0 Å². The molecule has 0 radical (unpaired) electrons. The summed E-state index contributed by atoms with van der Waals surface area (Å²) in [4.78, 5) is 28.3. The molecular weight excluding hydrogens is 486 g/mol. The molecule has 0 heterocycles. The average molecular weight is 530 g/mol. The maximum Gasteiger partial charge on any atom is 0.243 e. The largest absolute Gasteiger partial charge is 0.350 e. The summed E-state index contributed by atoms with van der Waals surface area (Å²) >= 11 is 0. The monoisotopic (exact) mass is 529 g/mol. The maximum absolute atomic E-state index is 13.5. The Morgan fingerprint density at radius 1 is 0.973 bits per heavy atom. The lowest BCUT2D eigenvalue weighted by molar-refractivity contribution is -0.142. The Labute approximate surface area is 223 Å². The van der Waals surface area contributed by atoms with Crippen LogP contribution >= 0.6 is 0 Å². The van der Waals surface area contributed by atoms with Crippen molar-refractivity contribution in [3.8, 4) is 0 Å². The van der Waals surface area contributed by atoms with Crippen LogP contribution in [0, 0.1) is 20.8 Å². The number of benzene rings is 2. The molecule has 0 fully saturated rings. The van der Waals surface area contributed by atoms with Gasteiger partial charge in [-0.25, -0.2) is 8.42 Å². The first kappa shape index (κ1) is 30.4. The third-order valence-electron chi connectivity index (χ3n) is 6.29. The lowest BCUT2D eigenvalue weighted by Crippen LogP contribution is -2.53. The van der Waals surface area contributed by atoms with E-state index in [0.717, 1.165) is 22.3 Å². The van der Waals surface area contributed by atoms with Crippen molar-refractivity contribution in [2.45, 2.75) is 85.9 Å². The Morgan fingerprint density at radius 2 is 1.59 bits per heavy atom. The normalized spacial score (nSPS) is 12.6. The first-order valence-electron chi connectivity index (χ1n) is 12.8. The number of amides is 2. The van der Waals surface area contributed by atoms with Crippen LogP contribution in [0.2, 0.25) is 0 Å². The molecule has 0 bridgehead atoms. The van der Waals surface area contributed by atoms with Gasteiger partial charge in [-0.1, -0.05) is 42.8 Å². The van der Waals surface area contributed by atoms with Crippen molar-refractivity contribution < 1.29 is 18.0 Å². The molecule has 0 aromatic heterocycles. The molecule has 2 aromatic carbocycles. The van der Waals surface area contributed by atoms with Gasteiger partial charge in [-0.15, -0.1) is 0 Å². The predicted octanol–water partition coefficient (Wildman–Crippen LogP) is 4.88. The zero-order valence-corrected chi connectivity index (χ0v) is 24.4. The molecular formula is C29H43N3O4S. The second-order valence-electron chi connectivity index (χ2n) is 10.9. The number of sulfonamides is 1. The highest BCUT2D eigenvalue weighted by atomic mass is 32.2. The Kier molecular flexibility index (Phi) is 10.3. The summed E-state index contributed by atoms with van der Waals surface area (Å²) in [6.45, 7) is 14.0. The minimum Gasteiger partial charge on any atom is -0.350 e. The number of anilines is 1. The summed E-state index contributed by atoms with van der Waals surface area (Å²) in [6.07, 6.45) is 2.11. The number of hydrogen-bond donors (Lipinski definition) is 1. The smallest absolute Gasteiger partial charge is 0.243 e. The minimum atomic E-state index is -3.53. The van der Waals surface area contributed by atoms with Gasteiger partial charge in [0.25, 0.3) is 0 Å². The predicted molar refractivity (Wildman–Crippen MR) is 151 cm³/mol. The molecule has 2 rings (SSSR count). The highest BCUT2D eigenvalue weighted by Gasteiger charge is 2.30. The summed E-state index contributed by atoms with van der Waals surface area (Å²) in [5.41, 5.74) is 4.30. The fourth-order valence-electron chi connectivity index (χ4n) is 4.15. The maximum atomic E-state index is 13.5. The van der Waals surface area contributed by atoms with Crippen molar-refractivity contribution in [2.75, 3.05) is 17.1 Å². The fourth-order valence-corrected chi connectivity index (χ4v) is 5.10. The van der Waals surface area contributed by atoms with Gasteiger partial charge in [0.2, 0.25) is 21.8 Å². The first-order chi connectivity index (χ1) is 17.1. The molecule has 8 heteroatoms. The van der Waals surface area contributed by atoms with Crippen molar-refractivity contribution >= 4 is 27.5 Å². The highest BCUT2D eigenvalue weighted by molar-refractivity contribution is 7.92. The molecule has 0 aliphatic carbocycles. The van der Waals surface area contributed by atoms with E-state index < -0.39 is 21.6 Å². The highest BCUT2D eigenvalue weighted by Crippen LogP contribution is 2.22. The van der Waals surface area contributed by atoms with E-state index in [1.165, 1.54) is 10.6 Å². The van der Waals surface area contributed by atoms with Gasteiger partial charge in [0.05, 0.1) is 11.9 Å². The van der Waals surface area contributed by atoms with E-state index in [1.54, 1.807) is 11.0 Å². The molecule has 0 aliphatic rings. The Bertz CT molecular complexity index is 1180. The topological polar surface area (TPSA) is 86.8 Å². The summed E-state index contributed by atoms with van der Waals surface area (Å²) in [6, 6.07) is 12.8. The van der Waals surface area contributed by atoms with Crippen LogP contribution in [0.15, 0.2) is 42.5 Å². The second-order valence-corrected chi connectivity index (χ2v) is 12.8. The van der Waals surface area contributed by atoms with Gasteiger partial charge in [0, 0.05) is 25.0 Å². The van der Waals surface area contributed by atoms with Crippen molar-refractivity contribution in [1.82, 2.24) is 10.2 Å². The SMILES string of the molecule is CCC(C(=O)NC(C)(C)C)N(Cc1ccc(C)cc1)C(=O)CCCN(c1ccc(C)c(C)c1)S(C)(=O)=O. The zero-order valence-electron chi connectivity index (χ0n) is 23.6. The number of carbonyl (C=O) groups excluding carboxylic acids is 2. The third kappa shape index (κ3) is 9.18. The fraction of sp³-hybridized carbons (Fsp3) is 0.517. The molecule has 37 heavy (non-hydrogen) atoms. The molecule has 0 aliphatic heterocycles. The van der Waals surface area contributed by atoms with E-state index in [0.29, 0.717) is 25.1 Å². The summed E-state index contributed by atoms with van der Waals surface area (Å²) in [7, 11) is -3.53. The summed E-state index contributed by atoms with van der Waals surface area (Å²) in [5, 5.41) is 3.01. The van der Waals surface area contributed by atoms with E-state index in [9.17, 15) is 18.0 Å². The lowest BCUT2D eigenvalue weighted by atomic mass is 10.0. The zero-order chi connectivity index (χ0) is 28.0. The molecule has 1 atom stereocenters. The Balaban J connectivity index is 2.25. The third-order valence-corrected chi connectivity index (χ3v) is 7.48. The van der Waals surface area contributed by atoms with Crippen molar-refractivity contribution in [2.24, 2.45) is 0 Å². The van der Waals surface area contributed by atoms with Crippen LogP contribution < -0.4 is 9.62 Å². The van der Waals surface area contributed by atoms with Crippen molar-refractivity contribution in [1.29, 1.82) is 0 Å². The molecule has 0 saturated heterocycles. The molecule has 7 nitrogen and oxygen atoms in total.